The van der Waals surface area contributed by atoms with E-state index in [1.165, 1.54) is 0 Å². The van der Waals surface area contributed by atoms with Gasteiger partial charge in [-0.15, -0.1) is 0 Å². The average molecular weight is 290 g/mol. The van der Waals surface area contributed by atoms with Gasteiger partial charge in [0, 0.05) is 37.3 Å². The van der Waals surface area contributed by atoms with Gasteiger partial charge >= 0.3 is 0 Å². The predicted octanol–water partition coefficient (Wildman–Crippen LogP) is 2.50. The van der Waals surface area contributed by atoms with E-state index >= 15 is 0 Å². The van der Waals surface area contributed by atoms with E-state index in [9.17, 15) is 0 Å². The van der Waals surface area contributed by atoms with E-state index in [0.717, 1.165) is 31.1 Å². The summed E-state index contributed by atoms with van der Waals surface area (Å²) in [6.07, 6.45) is 0. The van der Waals surface area contributed by atoms with Gasteiger partial charge in [-0.1, -0.05) is 6.07 Å². The Morgan fingerprint density at radius 1 is 1.19 bits per heavy atom. The first-order valence-corrected chi connectivity index (χ1v) is 7.94. The van der Waals surface area contributed by atoms with Crippen molar-refractivity contribution >= 4 is 5.82 Å². The van der Waals surface area contributed by atoms with E-state index in [0.29, 0.717) is 12.1 Å². The van der Waals surface area contributed by atoms with Gasteiger partial charge in [0.1, 0.15) is 5.82 Å². The molecule has 118 valence electrons. The molecule has 1 aliphatic rings. The molecule has 2 unspecified atom stereocenters. The molecule has 4 heteroatoms. The number of anilines is 1. The minimum atomic E-state index is 0.120. The van der Waals surface area contributed by atoms with Crippen LogP contribution in [0.15, 0.2) is 18.2 Å². The zero-order chi connectivity index (χ0) is 15.6. The summed E-state index contributed by atoms with van der Waals surface area (Å²) in [5, 5.41) is 3.50. The predicted molar refractivity (Wildman–Crippen MR) is 89.7 cm³/mol. The van der Waals surface area contributed by atoms with Gasteiger partial charge in [-0.2, -0.15) is 0 Å². The third-order valence-electron chi connectivity index (χ3n) is 4.28. The number of rotatable bonds is 3. The molecule has 2 atom stereocenters. The summed E-state index contributed by atoms with van der Waals surface area (Å²) in [4.78, 5) is 9.70. The highest BCUT2D eigenvalue weighted by molar-refractivity contribution is 5.40. The number of nitrogens with one attached hydrogen (secondary N) is 1. The molecule has 1 aromatic rings. The van der Waals surface area contributed by atoms with Gasteiger partial charge in [0.05, 0.1) is 5.69 Å². The second-order valence-electron chi connectivity index (χ2n) is 7.36. The zero-order valence-electron chi connectivity index (χ0n) is 14.3. The standard InChI is InChI=1S/C17H30N4/c1-13-11-21(12-14(2)20(13)6)16-9-7-8-15(19-16)10-18-17(3,4)5/h7-9,13-14,18H,10-12H2,1-6H3. The Bertz CT molecular complexity index is 454. The van der Waals surface area contributed by atoms with Crippen LogP contribution in [0.3, 0.4) is 0 Å². The summed E-state index contributed by atoms with van der Waals surface area (Å²) in [6.45, 7) is 14.0. The quantitative estimate of drug-likeness (QED) is 0.927. The Kier molecular flexibility index (Phi) is 4.89. The van der Waals surface area contributed by atoms with Crippen LogP contribution in [-0.4, -0.2) is 47.6 Å². The molecule has 4 nitrogen and oxygen atoms in total. The third-order valence-corrected chi connectivity index (χ3v) is 4.28. The second-order valence-corrected chi connectivity index (χ2v) is 7.36. The SMILES string of the molecule is CC1CN(c2cccc(CNC(C)(C)C)n2)CC(C)N1C. The Morgan fingerprint density at radius 3 is 2.38 bits per heavy atom. The van der Waals surface area contributed by atoms with E-state index in [1.807, 2.05) is 0 Å². The highest BCUT2D eigenvalue weighted by Crippen LogP contribution is 2.20. The summed E-state index contributed by atoms with van der Waals surface area (Å²) in [5.41, 5.74) is 1.23. The van der Waals surface area contributed by atoms with Crippen molar-refractivity contribution < 1.29 is 0 Å². The molecule has 1 N–H and O–H groups in total. The van der Waals surface area contributed by atoms with Gasteiger partial charge < -0.3 is 10.2 Å². The lowest BCUT2D eigenvalue weighted by Gasteiger charge is -2.43. The monoisotopic (exact) mass is 290 g/mol. The highest BCUT2D eigenvalue weighted by Gasteiger charge is 2.27. The summed E-state index contributed by atoms with van der Waals surface area (Å²) in [6, 6.07) is 7.48. The van der Waals surface area contributed by atoms with E-state index in [2.05, 4.69) is 75.0 Å². The lowest BCUT2D eigenvalue weighted by Crippen LogP contribution is -2.55. The van der Waals surface area contributed by atoms with Crippen molar-refractivity contribution in [1.82, 2.24) is 15.2 Å². The number of aromatic nitrogens is 1. The fourth-order valence-electron chi connectivity index (χ4n) is 2.69. The Morgan fingerprint density at radius 2 is 1.81 bits per heavy atom. The van der Waals surface area contributed by atoms with Crippen LogP contribution in [0.1, 0.15) is 40.3 Å². The fourth-order valence-corrected chi connectivity index (χ4v) is 2.69. The van der Waals surface area contributed by atoms with Gasteiger partial charge in [-0.05, 0) is 53.8 Å². The molecule has 0 amide bonds. The summed E-state index contributed by atoms with van der Waals surface area (Å²) < 4.78 is 0. The lowest BCUT2D eigenvalue weighted by atomic mass is 10.1. The van der Waals surface area contributed by atoms with Crippen molar-refractivity contribution in [2.75, 3.05) is 25.0 Å². The largest absolute Gasteiger partial charge is 0.353 e. The summed E-state index contributed by atoms with van der Waals surface area (Å²) in [5.74, 6) is 1.11. The Labute approximate surface area is 129 Å². The highest BCUT2D eigenvalue weighted by atomic mass is 15.3. The average Bonchev–Trinajstić information content (AvgIpc) is 2.41. The molecule has 1 aliphatic heterocycles. The number of likely N-dealkylation sites (N-methyl/N-ethyl adjacent to an activating group) is 1. The van der Waals surface area contributed by atoms with Gasteiger partial charge in [-0.3, -0.25) is 4.90 Å². The first-order valence-electron chi connectivity index (χ1n) is 7.94. The van der Waals surface area contributed by atoms with Crippen LogP contribution in [0.25, 0.3) is 0 Å². The number of hydrogen-bond acceptors (Lipinski definition) is 4. The molecule has 2 rings (SSSR count). The summed E-state index contributed by atoms with van der Waals surface area (Å²) >= 11 is 0. The van der Waals surface area contributed by atoms with Crippen molar-refractivity contribution in [3.05, 3.63) is 23.9 Å². The molecular formula is C17H30N4. The van der Waals surface area contributed by atoms with Crippen LogP contribution in [0, 0.1) is 0 Å². The van der Waals surface area contributed by atoms with Crippen LogP contribution < -0.4 is 10.2 Å². The molecule has 0 bridgehead atoms. The molecule has 0 aromatic carbocycles. The summed E-state index contributed by atoms with van der Waals surface area (Å²) in [7, 11) is 2.21. The van der Waals surface area contributed by atoms with Crippen molar-refractivity contribution in [2.45, 2.75) is 58.8 Å². The Balaban J connectivity index is 2.07. The van der Waals surface area contributed by atoms with Crippen molar-refractivity contribution in [1.29, 1.82) is 0 Å². The molecule has 0 saturated carbocycles. The molecule has 21 heavy (non-hydrogen) atoms. The van der Waals surface area contributed by atoms with Gasteiger partial charge in [0.2, 0.25) is 0 Å². The van der Waals surface area contributed by atoms with E-state index < -0.39 is 0 Å². The third kappa shape index (κ3) is 4.42. The van der Waals surface area contributed by atoms with E-state index in [4.69, 9.17) is 4.98 Å². The number of pyridine rings is 1. The van der Waals surface area contributed by atoms with Gasteiger partial charge in [0.15, 0.2) is 0 Å². The molecule has 1 aromatic heterocycles. The van der Waals surface area contributed by atoms with Crippen molar-refractivity contribution in [3.63, 3.8) is 0 Å². The minimum absolute atomic E-state index is 0.120. The van der Waals surface area contributed by atoms with Gasteiger partial charge in [0.25, 0.3) is 0 Å². The molecular weight excluding hydrogens is 260 g/mol. The molecule has 1 fully saturated rings. The van der Waals surface area contributed by atoms with Crippen LogP contribution in [0.4, 0.5) is 5.82 Å². The van der Waals surface area contributed by atoms with Crippen LogP contribution in [0.2, 0.25) is 0 Å². The smallest absolute Gasteiger partial charge is 0.128 e. The maximum absolute atomic E-state index is 4.84. The first kappa shape index (κ1) is 16.2. The zero-order valence-corrected chi connectivity index (χ0v) is 14.3. The second kappa shape index (κ2) is 6.32. The van der Waals surface area contributed by atoms with Gasteiger partial charge in [-0.25, -0.2) is 4.98 Å². The lowest BCUT2D eigenvalue weighted by molar-refractivity contribution is 0.169. The topological polar surface area (TPSA) is 31.4 Å². The maximum Gasteiger partial charge on any atom is 0.128 e. The minimum Gasteiger partial charge on any atom is -0.353 e. The number of hydrogen-bond donors (Lipinski definition) is 1. The van der Waals surface area contributed by atoms with E-state index in [-0.39, 0.29) is 5.54 Å². The van der Waals surface area contributed by atoms with Crippen LogP contribution >= 0.6 is 0 Å². The van der Waals surface area contributed by atoms with E-state index in [1.54, 1.807) is 0 Å². The molecule has 1 saturated heterocycles. The van der Waals surface area contributed by atoms with Crippen molar-refractivity contribution in [2.24, 2.45) is 0 Å². The number of nitrogens with zero attached hydrogens (tertiary/aromatic N) is 3. The molecule has 2 heterocycles. The fraction of sp³-hybridized carbons (Fsp3) is 0.706. The molecule has 0 spiro atoms. The number of piperazine rings is 1. The molecule has 0 aliphatic carbocycles. The Hall–Kier alpha value is -1.13. The van der Waals surface area contributed by atoms with Crippen molar-refractivity contribution in [3.8, 4) is 0 Å². The normalized spacial score (nSPS) is 24.4. The van der Waals surface area contributed by atoms with Crippen LogP contribution in [0.5, 0.6) is 0 Å². The maximum atomic E-state index is 4.84. The van der Waals surface area contributed by atoms with Crippen LogP contribution in [-0.2, 0) is 6.54 Å². The molecule has 0 radical (unpaired) electrons. The first-order chi connectivity index (χ1) is 9.76.